The van der Waals surface area contributed by atoms with Crippen molar-refractivity contribution in [2.24, 2.45) is 0 Å². The Hall–Kier alpha value is -2.33. The van der Waals surface area contributed by atoms with Crippen LogP contribution in [0.4, 0.5) is 0 Å². The molecule has 5 heteroatoms. The van der Waals surface area contributed by atoms with Gasteiger partial charge in [0.15, 0.2) is 5.78 Å². The summed E-state index contributed by atoms with van der Waals surface area (Å²) < 4.78 is 10.5. The van der Waals surface area contributed by atoms with Crippen molar-refractivity contribution < 1.29 is 19.1 Å². The van der Waals surface area contributed by atoms with E-state index < -0.39 is 5.97 Å². The Balaban J connectivity index is 2.39. The number of methoxy groups -OCH3 is 1. The first-order valence-electron chi connectivity index (χ1n) is 6.59. The molecule has 0 saturated carbocycles. The monoisotopic (exact) mass is 318 g/mol. The van der Waals surface area contributed by atoms with E-state index in [0.717, 1.165) is 5.56 Å². The summed E-state index contributed by atoms with van der Waals surface area (Å²) in [5, 5.41) is 0.392. The van der Waals surface area contributed by atoms with Crippen LogP contribution < -0.4 is 9.47 Å². The van der Waals surface area contributed by atoms with E-state index in [1.807, 2.05) is 6.92 Å². The van der Waals surface area contributed by atoms with E-state index >= 15 is 0 Å². The summed E-state index contributed by atoms with van der Waals surface area (Å²) >= 11 is 5.91. The van der Waals surface area contributed by atoms with Gasteiger partial charge in [0, 0.05) is 5.02 Å². The lowest BCUT2D eigenvalue weighted by Crippen LogP contribution is -2.12. The third-order valence-electron chi connectivity index (χ3n) is 3.10. The van der Waals surface area contributed by atoms with Gasteiger partial charge in [0.1, 0.15) is 17.1 Å². The van der Waals surface area contributed by atoms with Crippen molar-refractivity contribution in [1.29, 1.82) is 0 Å². The van der Waals surface area contributed by atoms with Crippen LogP contribution in [-0.2, 0) is 0 Å². The van der Waals surface area contributed by atoms with Crippen molar-refractivity contribution >= 4 is 23.4 Å². The van der Waals surface area contributed by atoms with Gasteiger partial charge >= 0.3 is 5.97 Å². The van der Waals surface area contributed by atoms with Crippen LogP contribution in [0.1, 0.15) is 33.2 Å². The van der Waals surface area contributed by atoms with Crippen LogP contribution in [0.15, 0.2) is 36.4 Å². The summed E-state index contributed by atoms with van der Waals surface area (Å²) in [6.07, 6.45) is 0. The van der Waals surface area contributed by atoms with Gasteiger partial charge in [0.25, 0.3) is 0 Å². The highest BCUT2D eigenvalue weighted by molar-refractivity contribution is 6.31. The van der Waals surface area contributed by atoms with Gasteiger partial charge < -0.3 is 9.47 Å². The second kappa shape index (κ2) is 6.62. The maximum absolute atomic E-state index is 12.4. The van der Waals surface area contributed by atoms with Gasteiger partial charge in [-0.15, -0.1) is 0 Å². The molecule has 4 nitrogen and oxygen atoms in total. The summed E-state index contributed by atoms with van der Waals surface area (Å²) in [6, 6.07) is 9.73. The zero-order valence-corrected chi connectivity index (χ0v) is 13.2. The average molecular weight is 319 g/mol. The third-order valence-corrected chi connectivity index (χ3v) is 3.34. The molecule has 0 fully saturated rings. The summed E-state index contributed by atoms with van der Waals surface area (Å²) in [5.74, 6) is -0.237. The molecule has 0 N–H and O–H groups in total. The molecule has 2 rings (SSSR count). The number of hydrogen-bond donors (Lipinski definition) is 0. The van der Waals surface area contributed by atoms with E-state index in [-0.39, 0.29) is 17.1 Å². The van der Waals surface area contributed by atoms with Crippen molar-refractivity contribution in [2.75, 3.05) is 7.11 Å². The lowest BCUT2D eigenvalue weighted by molar-refractivity contribution is 0.0729. The number of benzene rings is 2. The van der Waals surface area contributed by atoms with Gasteiger partial charge in [0.05, 0.1) is 12.7 Å². The fourth-order valence-corrected chi connectivity index (χ4v) is 2.17. The fourth-order valence-electron chi connectivity index (χ4n) is 2.00. The number of carbonyl (C=O) groups is 2. The summed E-state index contributed by atoms with van der Waals surface area (Å²) in [4.78, 5) is 24.0. The van der Waals surface area contributed by atoms with Gasteiger partial charge in [-0.25, -0.2) is 4.79 Å². The number of halogens is 1. The molecule has 0 bridgehead atoms. The van der Waals surface area contributed by atoms with E-state index in [2.05, 4.69) is 0 Å². The van der Waals surface area contributed by atoms with Crippen LogP contribution in [0.3, 0.4) is 0 Å². The van der Waals surface area contributed by atoms with E-state index in [0.29, 0.717) is 16.3 Å². The van der Waals surface area contributed by atoms with Crippen molar-refractivity contribution in [3.05, 3.63) is 58.1 Å². The Morgan fingerprint density at radius 2 is 1.73 bits per heavy atom. The normalized spacial score (nSPS) is 10.2. The molecule has 0 spiro atoms. The van der Waals surface area contributed by atoms with Crippen molar-refractivity contribution in [1.82, 2.24) is 0 Å². The zero-order valence-electron chi connectivity index (χ0n) is 12.5. The van der Waals surface area contributed by atoms with Crippen LogP contribution in [-0.4, -0.2) is 18.9 Å². The minimum atomic E-state index is -0.632. The van der Waals surface area contributed by atoms with Crippen LogP contribution in [0.25, 0.3) is 0 Å². The third kappa shape index (κ3) is 3.46. The lowest BCUT2D eigenvalue weighted by atomic mass is 10.1. The van der Waals surface area contributed by atoms with Crippen LogP contribution in [0.5, 0.6) is 11.5 Å². The Labute approximate surface area is 133 Å². The second-order valence-electron chi connectivity index (χ2n) is 4.79. The summed E-state index contributed by atoms with van der Waals surface area (Å²) in [7, 11) is 1.45. The Bertz CT molecular complexity index is 737. The first-order valence-corrected chi connectivity index (χ1v) is 6.97. The molecule has 0 saturated heterocycles. The molecule has 0 atom stereocenters. The molecule has 0 heterocycles. The first kappa shape index (κ1) is 16.0. The maximum atomic E-state index is 12.4. The SMILES string of the molecule is COc1ccc(Cl)cc1C(=O)Oc1cc(C)ccc1C(C)=O. The number of hydrogen-bond acceptors (Lipinski definition) is 4. The molecule has 0 aliphatic heterocycles. The molecule has 0 aliphatic rings. The molecular formula is C17H15ClO4. The molecule has 0 unspecified atom stereocenters. The number of esters is 1. The van der Waals surface area contributed by atoms with Crippen LogP contribution in [0, 0.1) is 6.92 Å². The van der Waals surface area contributed by atoms with Gasteiger partial charge in [-0.05, 0) is 49.7 Å². The van der Waals surface area contributed by atoms with E-state index in [9.17, 15) is 9.59 Å². The number of ketones is 1. The zero-order chi connectivity index (χ0) is 16.3. The first-order chi connectivity index (χ1) is 10.4. The molecule has 0 aliphatic carbocycles. The molecule has 0 radical (unpaired) electrons. The number of aryl methyl sites for hydroxylation is 1. The van der Waals surface area contributed by atoms with Crippen molar-refractivity contribution in [3.8, 4) is 11.5 Å². The Kier molecular flexibility index (Phi) is 4.83. The molecular weight excluding hydrogens is 304 g/mol. The Morgan fingerprint density at radius 1 is 1.00 bits per heavy atom. The van der Waals surface area contributed by atoms with E-state index in [1.54, 1.807) is 30.3 Å². The predicted octanol–water partition coefficient (Wildman–Crippen LogP) is 4.08. The standard InChI is InChI=1S/C17H15ClO4/c1-10-4-6-13(11(2)19)16(8-10)22-17(20)14-9-12(18)5-7-15(14)21-3/h4-9H,1-3H3. The quantitative estimate of drug-likeness (QED) is 0.484. The number of rotatable bonds is 4. The molecule has 0 aromatic heterocycles. The molecule has 0 amide bonds. The average Bonchev–Trinajstić information content (AvgIpc) is 2.46. The molecule has 114 valence electrons. The highest BCUT2D eigenvalue weighted by Crippen LogP contribution is 2.26. The number of ether oxygens (including phenoxy) is 2. The van der Waals surface area contributed by atoms with Gasteiger partial charge in [-0.1, -0.05) is 17.7 Å². The maximum Gasteiger partial charge on any atom is 0.347 e. The predicted molar refractivity (Wildman–Crippen MR) is 84.1 cm³/mol. The van der Waals surface area contributed by atoms with Gasteiger partial charge in [-0.2, -0.15) is 0 Å². The van der Waals surface area contributed by atoms with Crippen molar-refractivity contribution in [2.45, 2.75) is 13.8 Å². The second-order valence-corrected chi connectivity index (χ2v) is 5.23. The van der Waals surface area contributed by atoms with Gasteiger partial charge in [-0.3, -0.25) is 4.79 Å². The highest BCUT2D eigenvalue weighted by Gasteiger charge is 2.18. The largest absolute Gasteiger partial charge is 0.496 e. The molecule has 2 aromatic rings. The van der Waals surface area contributed by atoms with E-state index in [1.165, 1.54) is 20.1 Å². The number of Topliss-reactive ketones (excluding diaryl/α,β-unsaturated/α-hetero) is 1. The molecule has 22 heavy (non-hydrogen) atoms. The fraction of sp³-hybridized carbons (Fsp3) is 0.176. The van der Waals surface area contributed by atoms with Gasteiger partial charge in [0.2, 0.25) is 0 Å². The Morgan fingerprint density at radius 3 is 2.36 bits per heavy atom. The van der Waals surface area contributed by atoms with Crippen LogP contribution in [0.2, 0.25) is 5.02 Å². The minimum Gasteiger partial charge on any atom is -0.496 e. The minimum absolute atomic E-state index is 0.180. The van der Waals surface area contributed by atoms with E-state index in [4.69, 9.17) is 21.1 Å². The lowest BCUT2D eigenvalue weighted by Gasteiger charge is -2.11. The molecule has 2 aromatic carbocycles. The topological polar surface area (TPSA) is 52.6 Å². The summed E-state index contributed by atoms with van der Waals surface area (Å²) in [5.41, 5.74) is 1.43. The summed E-state index contributed by atoms with van der Waals surface area (Å²) in [6.45, 7) is 3.27. The highest BCUT2D eigenvalue weighted by atomic mass is 35.5. The van der Waals surface area contributed by atoms with Crippen molar-refractivity contribution in [3.63, 3.8) is 0 Å². The smallest absolute Gasteiger partial charge is 0.347 e. The number of carbonyl (C=O) groups excluding carboxylic acids is 2. The van der Waals surface area contributed by atoms with Crippen LogP contribution >= 0.6 is 11.6 Å².